The van der Waals surface area contributed by atoms with Crippen molar-refractivity contribution in [2.75, 3.05) is 6.54 Å². The number of allylic oxidation sites excluding steroid dienone is 2. The van der Waals surface area contributed by atoms with Crippen molar-refractivity contribution in [2.45, 2.75) is 46.1 Å². The molecule has 1 aromatic carbocycles. The summed E-state index contributed by atoms with van der Waals surface area (Å²) in [5.74, 6) is -1.18. The molecule has 28 heavy (non-hydrogen) atoms. The Hall–Kier alpha value is -2.27. The number of rotatable bonds is 6. The lowest BCUT2D eigenvalue weighted by atomic mass is 9.82. The SMILES string of the molecule is Cc1[nH]c2c(Cl)cccc2c1CCNC(=O)[C@@H]1CC=CC[C@H]1C(=O)OC(C)C. The number of amides is 1. The summed E-state index contributed by atoms with van der Waals surface area (Å²) in [5.41, 5.74) is 3.13. The van der Waals surface area contributed by atoms with Gasteiger partial charge in [-0.25, -0.2) is 0 Å². The molecule has 0 unspecified atom stereocenters. The van der Waals surface area contributed by atoms with Crippen LogP contribution in [0.4, 0.5) is 0 Å². The molecule has 0 spiro atoms. The quantitative estimate of drug-likeness (QED) is 0.558. The van der Waals surface area contributed by atoms with Gasteiger partial charge in [0.1, 0.15) is 0 Å². The van der Waals surface area contributed by atoms with Gasteiger partial charge in [0.2, 0.25) is 5.91 Å². The minimum atomic E-state index is -0.416. The molecule has 2 aromatic rings. The zero-order valence-electron chi connectivity index (χ0n) is 16.5. The molecule has 1 heterocycles. The van der Waals surface area contributed by atoms with Gasteiger partial charge in [0, 0.05) is 17.6 Å². The van der Waals surface area contributed by atoms with E-state index in [9.17, 15) is 9.59 Å². The van der Waals surface area contributed by atoms with Crippen molar-refractivity contribution in [1.82, 2.24) is 10.3 Å². The third-order valence-electron chi connectivity index (χ3n) is 5.20. The molecule has 2 atom stereocenters. The van der Waals surface area contributed by atoms with Gasteiger partial charge in [-0.1, -0.05) is 35.9 Å². The van der Waals surface area contributed by atoms with E-state index in [1.165, 1.54) is 0 Å². The minimum absolute atomic E-state index is 0.0921. The number of carbonyl (C=O) groups excluding carboxylic acids is 2. The van der Waals surface area contributed by atoms with Crippen molar-refractivity contribution in [3.8, 4) is 0 Å². The number of hydrogen-bond donors (Lipinski definition) is 2. The van der Waals surface area contributed by atoms with Gasteiger partial charge in [-0.2, -0.15) is 0 Å². The average molecular weight is 403 g/mol. The molecule has 2 N–H and O–H groups in total. The number of H-pyrrole nitrogens is 1. The number of nitrogens with one attached hydrogen (secondary N) is 2. The molecule has 1 aliphatic carbocycles. The van der Waals surface area contributed by atoms with Crippen molar-refractivity contribution < 1.29 is 14.3 Å². The van der Waals surface area contributed by atoms with Crippen molar-refractivity contribution in [2.24, 2.45) is 11.8 Å². The van der Waals surface area contributed by atoms with Crippen LogP contribution in [0, 0.1) is 18.8 Å². The van der Waals surface area contributed by atoms with Crippen LogP contribution in [0.15, 0.2) is 30.4 Å². The molecule has 0 radical (unpaired) electrons. The molecule has 6 heteroatoms. The molecule has 0 saturated carbocycles. The zero-order valence-corrected chi connectivity index (χ0v) is 17.3. The fraction of sp³-hybridized carbons (Fsp3) is 0.455. The van der Waals surface area contributed by atoms with Crippen LogP contribution in [-0.4, -0.2) is 29.5 Å². The third kappa shape index (κ3) is 4.41. The van der Waals surface area contributed by atoms with Gasteiger partial charge in [-0.3, -0.25) is 9.59 Å². The molecule has 0 fully saturated rings. The van der Waals surface area contributed by atoms with Crippen LogP contribution in [0.3, 0.4) is 0 Å². The number of aromatic amines is 1. The van der Waals surface area contributed by atoms with E-state index in [0.717, 1.165) is 22.2 Å². The number of ether oxygens (including phenoxy) is 1. The van der Waals surface area contributed by atoms with E-state index in [2.05, 4.69) is 10.3 Å². The zero-order chi connectivity index (χ0) is 20.3. The standard InChI is InChI=1S/C22H27ClN2O3/c1-13(2)28-22(27)18-8-5-4-7-17(18)21(26)24-12-11-15-14(3)25-20-16(15)9-6-10-19(20)23/h4-6,9-10,13,17-18,25H,7-8,11-12H2,1-3H3,(H,24,26)/t17-,18-/m1/s1. The molecule has 5 nitrogen and oxygen atoms in total. The summed E-state index contributed by atoms with van der Waals surface area (Å²) in [6.07, 6.45) is 5.54. The molecular formula is C22H27ClN2O3. The molecule has 3 rings (SSSR count). The number of carbonyl (C=O) groups is 2. The van der Waals surface area contributed by atoms with Crippen LogP contribution in [-0.2, 0) is 20.7 Å². The highest BCUT2D eigenvalue weighted by Gasteiger charge is 2.35. The minimum Gasteiger partial charge on any atom is -0.463 e. The second kappa shape index (κ2) is 8.82. The maximum absolute atomic E-state index is 12.7. The maximum atomic E-state index is 12.7. The maximum Gasteiger partial charge on any atom is 0.310 e. The second-order valence-corrected chi connectivity index (χ2v) is 7.98. The summed E-state index contributed by atoms with van der Waals surface area (Å²) in [5, 5.41) is 4.78. The lowest BCUT2D eigenvalue weighted by Gasteiger charge is -2.26. The van der Waals surface area contributed by atoms with Crippen LogP contribution in [0.1, 0.15) is 37.9 Å². The molecular weight excluding hydrogens is 376 g/mol. The van der Waals surface area contributed by atoms with Gasteiger partial charge in [0.15, 0.2) is 0 Å². The topological polar surface area (TPSA) is 71.2 Å². The lowest BCUT2D eigenvalue weighted by Crippen LogP contribution is -2.40. The van der Waals surface area contributed by atoms with Gasteiger partial charge in [0.25, 0.3) is 0 Å². The Kier molecular flexibility index (Phi) is 6.45. The van der Waals surface area contributed by atoms with Crippen LogP contribution in [0.2, 0.25) is 5.02 Å². The second-order valence-electron chi connectivity index (χ2n) is 7.57. The number of aryl methyl sites for hydroxylation is 1. The fourth-order valence-electron chi connectivity index (χ4n) is 3.82. The Balaban J connectivity index is 1.64. The van der Waals surface area contributed by atoms with Gasteiger partial charge in [0.05, 0.1) is 28.5 Å². The lowest BCUT2D eigenvalue weighted by molar-refractivity contribution is -0.156. The third-order valence-corrected chi connectivity index (χ3v) is 5.52. The first-order valence-electron chi connectivity index (χ1n) is 9.77. The fourth-order valence-corrected chi connectivity index (χ4v) is 4.04. The smallest absolute Gasteiger partial charge is 0.310 e. The van der Waals surface area contributed by atoms with E-state index in [1.54, 1.807) is 0 Å². The van der Waals surface area contributed by atoms with Crippen molar-refractivity contribution in [3.05, 3.63) is 46.6 Å². The number of fused-ring (bicyclic) bond motifs is 1. The van der Waals surface area contributed by atoms with Crippen LogP contribution >= 0.6 is 11.6 Å². The monoisotopic (exact) mass is 402 g/mol. The number of aromatic nitrogens is 1. The first-order chi connectivity index (χ1) is 13.4. The summed E-state index contributed by atoms with van der Waals surface area (Å²) in [6.45, 7) is 6.16. The van der Waals surface area contributed by atoms with E-state index in [1.807, 2.05) is 51.1 Å². The summed E-state index contributed by atoms with van der Waals surface area (Å²) in [6, 6.07) is 5.82. The predicted octanol–water partition coefficient (Wildman–Crippen LogP) is 4.32. The summed E-state index contributed by atoms with van der Waals surface area (Å²) in [7, 11) is 0. The molecule has 1 amide bonds. The molecule has 1 aliphatic rings. The van der Waals surface area contributed by atoms with Crippen molar-refractivity contribution in [3.63, 3.8) is 0 Å². The van der Waals surface area contributed by atoms with Gasteiger partial charge in [-0.05, 0) is 51.7 Å². The van der Waals surface area contributed by atoms with Crippen molar-refractivity contribution >= 4 is 34.4 Å². The van der Waals surface area contributed by atoms with Crippen molar-refractivity contribution in [1.29, 1.82) is 0 Å². The van der Waals surface area contributed by atoms with E-state index in [4.69, 9.17) is 16.3 Å². The molecule has 0 aliphatic heterocycles. The van der Waals surface area contributed by atoms with Crippen LogP contribution < -0.4 is 5.32 Å². The molecule has 150 valence electrons. The highest BCUT2D eigenvalue weighted by atomic mass is 35.5. The molecule has 0 bridgehead atoms. The Morgan fingerprint density at radius 3 is 2.68 bits per heavy atom. The molecule has 0 saturated heterocycles. The van der Waals surface area contributed by atoms with Crippen LogP contribution in [0.25, 0.3) is 10.9 Å². The number of hydrogen-bond acceptors (Lipinski definition) is 3. The van der Waals surface area contributed by atoms with Crippen LogP contribution in [0.5, 0.6) is 0 Å². The van der Waals surface area contributed by atoms with Gasteiger partial charge < -0.3 is 15.0 Å². The summed E-state index contributed by atoms with van der Waals surface area (Å²) < 4.78 is 5.34. The Morgan fingerprint density at radius 1 is 1.25 bits per heavy atom. The van der Waals surface area contributed by atoms with E-state index in [-0.39, 0.29) is 23.9 Å². The van der Waals surface area contributed by atoms with E-state index < -0.39 is 5.92 Å². The Labute approximate surface area is 170 Å². The Bertz CT molecular complexity index is 901. The average Bonchev–Trinajstić information content (AvgIpc) is 2.98. The predicted molar refractivity (Wildman–Crippen MR) is 111 cm³/mol. The highest BCUT2D eigenvalue weighted by molar-refractivity contribution is 6.35. The summed E-state index contributed by atoms with van der Waals surface area (Å²) >= 11 is 6.26. The Morgan fingerprint density at radius 2 is 1.96 bits per heavy atom. The number of para-hydroxylation sites is 1. The first kappa shape index (κ1) is 20.5. The normalized spacial score (nSPS) is 19.2. The molecule has 1 aromatic heterocycles. The van der Waals surface area contributed by atoms with E-state index >= 15 is 0 Å². The van der Waals surface area contributed by atoms with Gasteiger partial charge in [-0.15, -0.1) is 0 Å². The number of esters is 1. The summed E-state index contributed by atoms with van der Waals surface area (Å²) in [4.78, 5) is 28.4. The van der Waals surface area contributed by atoms with Gasteiger partial charge >= 0.3 is 5.97 Å². The largest absolute Gasteiger partial charge is 0.463 e. The number of benzene rings is 1. The van der Waals surface area contributed by atoms with E-state index in [0.29, 0.717) is 30.8 Å². The number of halogens is 1. The highest BCUT2D eigenvalue weighted by Crippen LogP contribution is 2.29. The first-order valence-corrected chi connectivity index (χ1v) is 10.1.